The largest absolute Gasteiger partial charge is 0.493 e. The maximum Gasteiger partial charge on any atom is 0.435 e. The van der Waals surface area contributed by atoms with Crippen LogP contribution in [0.3, 0.4) is 0 Å². The van der Waals surface area contributed by atoms with Crippen LogP contribution in [0.2, 0.25) is 0 Å². The fraction of sp³-hybridized carbons (Fsp3) is 0.259. The van der Waals surface area contributed by atoms with E-state index in [2.05, 4.69) is 4.98 Å². The first kappa shape index (κ1) is 23.0. The third-order valence-corrected chi connectivity index (χ3v) is 6.56. The number of imidazole rings is 1. The topological polar surface area (TPSA) is 63.8 Å². The minimum atomic E-state index is -4.58. The number of rotatable bonds is 6. The number of benzene rings is 2. The van der Waals surface area contributed by atoms with Gasteiger partial charge in [-0.25, -0.2) is 4.98 Å². The number of aromatic nitrogens is 2. The number of carboxylic acid groups (broad SMARTS) is 1. The molecule has 0 amide bonds. The van der Waals surface area contributed by atoms with E-state index in [0.717, 1.165) is 22.3 Å². The fourth-order valence-corrected chi connectivity index (χ4v) is 4.80. The van der Waals surface area contributed by atoms with Gasteiger partial charge in [0.2, 0.25) is 0 Å². The van der Waals surface area contributed by atoms with Gasteiger partial charge < -0.3 is 9.84 Å². The van der Waals surface area contributed by atoms with Crippen LogP contribution < -0.4 is 4.74 Å². The molecule has 0 fully saturated rings. The van der Waals surface area contributed by atoms with Crippen molar-refractivity contribution >= 4 is 11.6 Å². The third kappa shape index (κ3) is 4.36. The van der Waals surface area contributed by atoms with Crippen molar-refractivity contribution in [2.75, 3.05) is 6.61 Å². The Balaban J connectivity index is 1.44. The number of hydrogen-bond donors (Lipinski definition) is 1. The molecule has 1 aliphatic heterocycles. The molecule has 2 aromatic carbocycles. The number of halogens is 3. The molecule has 3 heterocycles. The lowest BCUT2D eigenvalue weighted by Gasteiger charge is -2.14. The van der Waals surface area contributed by atoms with E-state index in [1.807, 2.05) is 31.2 Å². The molecule has 0 unspecified atom stereocenters. The van der Waals surface area contributed by atoms with E-state index < -0.39 is 17.8 Å². The maximum absolute atomic E-state index is 13.9. The molecule has 1 aliphatic rings. The summed E-state index contributed by atoms with van der Waals surface area (Å²) in [5.74, 6) is -0.297. The first-order chi connectivity index (χ1) is 16.7. The molecule has 4 aromatic rings. The smallest absolute Gasteiger partial charge is 0.435 e. The number of hydrogen-bond acceptors (Lipinski definition) is 3. The zero-order chi connectivity index (χ0) is 24.7. The number of alkyl halides is 3. The van der Waals surface area contributed by atoms with Crippen LogP contribution in [0.5, 0.6) is 5.75 Å². The molecule has 2 aromatic heterocycles. The van der Waals surface area contributed by atoms with Crippen molar-refractivity contribution in [2.24, 2.45) is 0 Å². The van der Waals surface area contributed by atoms with Gasteiger partial charge in [-0.3, -0.25) is 9.20 Å². The van der Waals surface area contributed by atoms with E-state index in [0.29, 0.717) is 30.8 Å². The summed E-state index contributed by atoms with van der Waals surface area (Å²) in [6.45, 7) is 2.20. The van der Waals surface area contributed by atoms with Crippen LogP contribution in [0.4, 0.5) is 13.2 Å². The molecule has 0 radical (unpaired) electrons. The highest BCUT2D eigenvalue weighted by atomic mass is 19.4. The highest BCUT2D eigenvalue weighted by Gasteiger charge is 2.38. The van der Waals surface area contributed by atoms with Crippen molar-refractivity contribution in [1.29, 1.82) is 0 Å². The van der Waals surface area contributed by atoms with Crippen LogP contribution in [0.1, 0.15) is 40.3 Å². The van der Waals surface area contributed by atoms with E-state index in [1.54, 1.807) is 36.5 Å². The molecule has 0 bridgehead atoms. The number of aliphatic carboxylic acids is 1. The van der Waals surface area contributed by atoms with Crippen LogP contribution >= 0.6 is 0 Å². The molecule has 1 N–H and O–H groups in total. The van der Waals surface area contributed by atoms with E-state index in [-0.39, 0.29) is 23.7 Å². The Bertz CT molecular complexity index is 1430. The second-order valence-electron chi connectivity index (χ2n) is 8.80. The Labute approximate surface area is 199 Å². The number of carboxylic acids is 1. The van der Waals surface area contributed by atoms with Crippen LogP contribution in [-0.4, -0.2) is 27.1 Å². The first-order valence-corrected chi connectivity index (χ1v) is 11.3. The van der Waals surface area contributed by atoms with Gasteiger partial charge in [0.1, 0.15) is 11.4 Å². The van der Waals surface area contributed by atoms with Gasteiger partial charge in [0.05, 0.1) is 18.7 Å². The molecular weight excluding hydrogens is 457 g/mol. The van der Waals surface area contributed by atoms with Gasteiger partial charge in [-0.1, -0.05) is 36.4 Å². The normalized spacial score (nSPS) is 15.3. The van der Waals surface area contributed by atoms with Crippen LogP contribution in [0.25, 0.3) is 16.9 Å². The van der Waals surface area contributed by atoms with Crippen molar-refractivity contribution in [2.45, 2.75) is 38.3 Å². The molecule has 180 valence electrons. The van der Waals surface area contributed by atoms with Crippen LogP contribution in [0, 0.1) is 6.92 Å². The van der Waals surface area contributed by atoms with Gasteiger partial charge in [-0.15, -0.1) is 0 Å². The third-order valence-electron chi connectivity index (χ3n) is 6.56. The summed E-state index contributed by atoms with van der Waals surface area (Å²) in [6, 6.07) is 16.2. The Hall–Kier alpha value is -3.81. The van der Waals surface area contributed by atoms with E-state index >= 15 is 0 Å². The second kappa shape index (κ2) is 8.76. The predicted octanol–water partition coefficient (Wildman–Crippen LogP) is 6.06. The van der Waals surface area contributed by atoms with Crippen molar-refractivity contribution in [3.63, 3.8) is 0 Å². The lowest BCUT2D eigenvalue weighted by molar-refractivity contribution is -0.140. The Morgan fingerprint density at radius 1 is 1.14 bits per heavy atom. The predicted molar refractivity (Wildman–Crippen MR) is 125 cm³/mol. The van der Waals surface area contributed by atoms with Crippen molar-refractivity contribution in [3.05, 3.63) is 88.7 Å². The highest BCUT2D eigenvalue weighted by Crippen LogP contribution is 2.39. The Kier molecular flexibility index (Phi) is 5.75. The maximum atomic E-state index is 13.9. The molecule has 35 heavy (non-hydrogen) atoms. The number of ether oxygens (including phenoxy) is 1. The van der Waals surface area contributed by atoms with Crippen molar-refractivity contribution in [3.8, 4) is 17.0 Å². The van der Waals surface area contributed by atoms with E-state index in [1.165, 1.54) is 4.40 Å². The van der Waals surface area contributed by atoms with Gasteiger partial charge in [0.25, 0.3) is 0 Å². The molecule has 0 spiro atoms. The standard InChI is InChI=1S/C27H23F3N2O3/c1-16-18(10-8-17-9-11-21-19(14-24(33)34)15-35-22(21)13-17)5-4-6-20(16)25-26(27(28,29)30)31-23-7-2-3-12-32(23)25/h2-7,9,11-13,19H,8,10,14-15H2,1H3,(H,33,34)/t19-/m1/s1. The molecule has 0 saturated carbocycles. The van der Waals surface area contributed by atoms with E-state index in [9.17, 15) is 18.0 Å². The van der Waals surface area contributed by atoms with Crippen LogP contribution in [0.15, 0.2) is 60.8 Å². The average molecular weight is 480 g/mol. The quantitative estimate of drug-likeness (QED) is 0.364. The molecule has 8 heteroatoms. The molecular formula is C27H23F3N2O3. The highest BCUT2D eigenvalue weighted by molar-refractivity contribution is 5.72. The van der Waals surface area contributed by atoms with Gasteiger partial charge in [0.15, 0.2) is 5.69 Å². The minimum absolute atomic E-state index is 0.0293. The molecule has 5 nitrogen and oxygen atoms in total. The summed E-state index contributed by atoms with van der Waals surface area (Å²) in [7, 11) is 0. The number of carbonyl (C=O) groups is 1. The summed E-state index contributed by atoms with van der Waals surface area (Å²) in [6.07, 6.45) is -1.64. The number of fused-ring (bicyclic) bond motifs is 2. The lowest BCUT2D eigenvalue weighted by Crippen LogP contribution is -2.08. The van der Waals surface area contributed by atoms with Gasteiger partial charge in [-0.2, -0.15) is 13.2 Å². The number of aryl methyl sites for hydroxylation is 2. The molecule has 5 rings (SSSR count). The Morgan fingerprint density at radius 3 is 2.74 bits per heavy atom. The summed E-state index contributed by atoms with van der Waals surface area (Å²) in [4.78, 5) is 14.9. The van der Waals surface area contributed by atoms with Crippen molar-refractivity contribution in [1.82, 2.24) is 9.38 Å². The van der Waals surface area contributed by atoms with E-state index in [4.69, 9.17) is 9.84 Å². The second-order valence-corrected chi connectivity index (χ2v) is 8.80. The Morgan fingerprint density at radius 2 is 1.97 bits per heavy atom. The van der Waals surface area contributed by atoms with Gasteiger partial charge in [-0.05, 0) is 54.7 Å². The SMILES string of the molecule is Cc1c(CCc2ccc3c(c2)OC[C@H]3CC(=O)O)cccc1-c1c(C(F)(F)F)nc2ccccn12. The zero-order valence-electron chi connectivity index (χ0n) is 19.0. The summed E-state index contributed by atoms with van der Waals surface area (Å²) >= 11 is 0. The average Bonchev–Trinajstić information content (AvgIpc) is 3.39. The lowest BCUT2D eigenvalue weighted by atomic mass is 9.93. The molecule has 0 saturated heterocycles. The minimum Gasteiger partial charge on any atom is -0.493 e. The molecule has 1 atom stereocenters. The van der Waals surface area contributed by atoms with Crippen LogP contribution in [-0.2, 0) is 23.8 Å². The molecule has 0 aliphatic carbocycles. The summed E-state index contributed by atoms with van der Waals surface area (Å²) in [5, 5.41) is 9.08. The number of nitrogens with zero attached hydrogens (tertiary/aromatic N) is 2. The fourth-order valence-electron chi connectivity index (χ4n) is 4.80. The summed E-state index contributed by atoms with van der Waals surface area (Å²) in [5.41, 5.74) is 3.56. The summed E-state index contributed by atoms with van der Waals surface area (Å²) < 4.78 is 48.8. The number of pyridine rings is 1. The zero-order valence-corrected chi connectivity index (χ0v) is 19.0. The van der Waals surface area contributed by atoms with Gasteiger partial charge in [0, 0.05) is 23.2 Å². The first-order valence-electron chi connectivity index (χ1n) is 11.3. The van der Waals surface area contributed by atoms with Crippen molar-refractivity contribution < 1.29 is 27.8 Å². The monoisotopic (exact) mass is 480 g/mol. The van der Waals surface area contributed by atoms with Gasteiger partial charge >= 0.3 is 12.1 Å².